The van der Waals surface area contributed by atoms with Gasteiger partial charge >= 0.3 is 12.1 Å². The topological polar surface area (TPSA) is 105 Å². The Balaban J connectivity index is 1.25. The van der Waals surface area contributed by atoms with Crippen molar-refractivity contribution in [1.29, 1.82) is 0 Å². The number of ether oxygens (including phenoxy) is 1. The van der Waals surface area contributed by atoms with Gasteiger partial charge in [0.05, 0.1) is 11.3 Å². The highest BCUT2D eigenvalue weighted by molar-refractivity contribution is 5.83. The Morgan fingerprint density at radius 2 is 1.60 bits per heavy atom. The largest absolute Gasteiger partial charge is 0.481 e. The number of carboxylic acids is 1. The van der Waals surface area contributed by atoms with Crippen molar-refractivity contribution in [3.63, 3.8) is 0 Å². The van der Waals surface area contributed by atoms with Crippen LogP contribution in [0.2, 0.25) is 0 Å². The first-order valence-electron chi connectivity index (χ1n) is 12.4. The Bertz CT molecular complexity index is 1050. The number of carbonyl (C=O) groups excluding carboxylic acids is 2. The van der Waals surface area contributed by atoms with Crippen molar-refractivity contribution >= 4 is 18.0 Å². The standard InChI is InChI=1S/C28H34N2O5/c1-28(2,26(33)29-15-18-8-7-9-19(14-18)25(31)32)17-30-27(34)35-16-24-22-12-5-3-10-20(22)21-11-4-6-13-23(21)24/h3-6,10-13,18-19,24H,7-9,14-17H2,1-2H3,(H,29,33)(H,30,34)(H,31,32). The van der Waals surface area contributed by atoms with Gasteiger partial charge in [-0.1, -0.05) is 55.0 Å². The molecular weight excluding hydrogens is 444 g/mol. The van der Waals surface area contributed by atoms with Crippen molar-refractivity contribution in [3.05, 3.63) is 59.7 Å². The average molecular weight is 479 g/mol. The molecular formula is C28H34N2O5. The van der Waals surface area contributed by atoms with Gasteiger partial charge in [-0.15, -0.1) is 0 Å². The summed E-state index contributed by atoms with van der Waals surface area (Å²) < 4.78 is 5.57. The molecule has 2 aliphatic carbocycles. The van der Waals surface area contributed by atoms with Gasteiger partial charge in [-0.25, -0.2) is 4.79 Å². The Morgan fingerprint density at radius 3 is 2.23 bits per heavy atom. The molecule has 3 N–H and O–H groups in total. The molecule has 2 aromatic rings. The van der Waals surface area contributed by atoms with E-state index in [1.165, 1.54) is 11.1 Å². The number of alkyl carbamates (subject to hydrolysis) is 1. The van der Waals surface area contributed by atoms with Crippen LogP contribution in [0.5, 0.6) is 0 Å². The van der Waals surface area contributed by atoms with Crippen LogP contribution in [-0.4, -0.2) is 42.8 Å². The van der Waals surface area contributed by atoms with E-state index < -0.39 is 17.5 Å². The summed E-state index contributed by atoms with van der Waals surface area (Å²) >= 11 is 0. The number of hydrogen-bond acceptors (Lipinski definition) is 4. The van der Waals surface area contributed by atoms with Crippen molar-refractivity contribution in [2.24, 2.45) is 17.3 Å². The van der Waals surface area contributed by atoms with Crippen molar-refractivity contribution in [2.45, 2.75) is 45.4 Å². The van der Waals surface area contributed by atoms with Crippen molar-refractivity contribution in [3.8, 4) is 11.1 Å². The quantitative estimate of drug-likeness (QED) is 0.516. The molecule has 7 heteroatoms. The lowest BCUT2D eigenvalue weighted by Crippen LogP contribution is -2.46. The number of aliphatic carboxylic acids is 1. The number of carbonyl (C=O) groups is 3. The molecule has 0 saturated heterocycles. The van der Waals surface area contributed by atoms with E-state index in [1.807, 2.05) is 24.3 Å². The predicted molar refractivity (Wildman–Crippen MR) is 133 cm³/mol. The van der Waals surface area contributed by atoms with Crippen LogP contribution in [-0.2, 0) is 14.3 Å². The lowest BCUT2D eigenvalue weighted by molar-refractivity contribution is -0.143. The van der Waals surface area contributed by atoms with Crippen molar-refractivity contribution in [1.82, 2.24) is 10.6 Å². The fraction of sp³-hybridized carbons (Fsp3) is 0.464. The second-order valence-corrected chi connectivity index (χ2v) is 10.3. The SMILES string of the molecule is CC(C)(CNC(=O)OCC1c2ccccc2-c2ccccc21)C(=O)NCC1CCCC(C(=O)O)C1. The van der Waals surface area contributed by atoms with E-state index in [0.717, 1.165) is 24.0 Å². The third-order valence-corrected chi connectivity index (χ3v) is 7.32. The van der Waals surface area contributed by atoms with Crippen LogP contribution >= 0.6 is 0 Å². The molecule has 35 heavy (non-hydrogen) atoms. The molecule has 4 rings (SSSR count). The van der Waals surface area contributed by atoms with Crippen LogP contribution in [0, 0.1) is 17.3 Å². The summed E-state index contributed by atoms with van der Waals surface area (Å²) in [6, 6.07) is 16.3. The minimum atomic E-state index is -0.827. The second-order valence-electron chi connectivity index (χ2n) is 10.3. The van der Waals surface area contributed by atoms with Crippen LogP contribution in [0.15, 0.2) is 48.5 Å². The Kier molecular flexibility index (Phi) is 7.43. The van der Waals surface area contributed by atoms with Crippen molar-refractivity contribution in [2.75, 3.05) is 19.7 Å². The minimum Gasteiger partial charge on any atom is -0.481 e. The monoisotopic (exact) mass is 478 g/mol. The van der Waals surface area contributed by atoms with Gasteiger partial charge in [0.2, 0.25) is 5.91 Å². The van der Waals surface area contributed by atoms with Crippen LogP contribution < -0.4 is 10.6 Å². The first-order valence-corrected chi connectivity index (χ1v) is 12.4. The van der Waals surface area contributed by atoms with Gasteiger partial charge in [-0.3, -0.25) is 9.59 Å². The number of benzene rings is 2. The van der Waals surface area contributed by atoms with Gasteiger partial charge in [0, 0.05) is 19.0 Å². The number of nitrogens with one attached hydrogen (secondary N) is 2. The fourth-order valence-electron chi connectivity index (χ4n) is 5.20. The first-order chi connectivity index (χ1) is 16.8. The molecule has 1 fully saturated rings. The van der Waals surface area contributed by atoms with Gasteiger partial charge in [0.1, 0.15) is 6.61 Å². The number of carboxylic acid groups (broad SMARTS) is 1. The second kappa shape index (κ2) is 10.5. The molecule has 2 unspecified atom stereocenters. The highest BCUT2D eigenvalue weighted by Gasteiger charge is 2.32. The molecule has 0 bridgehead atoms. The number of fused-ring (bicyclic) bond motifs is 3. The first kappa shape index (κ1) is 24.8. The summed E-state index contributed by atoms with van der Waals surface area (Å²) in [6.45, 7) is 4.35. The summed E-state index contributed by atoms with van der Waals surface area (Å²) in [7, 11) is 0. The Morgan fingerprint density at radius 1 is 0.971 bits per heavy atom. The number of rotatable bonds is 8. The van der Waals surface area contributed by atoms with E-state index in [-0.39, 0.29) is 36.8 Å². The molecule has 2 aromatic carbocycles. The zero-order valence-electron chi connectivity index (χ0n) is 20.4. The van der Waals surface area contributed by atoms with E-state index in [4.69, 9.17) is 4.74 Å². The smallest absolute Gasteiger partial charge is 0.407 e. The van der Waals surface area contributed by atoms with Gasteiger partial charge in [-0.05, 0) is 61.3 Å². The predicted octanol–water partition coefficient (Wildman–Crippen LogP) is 4.56. The molecule has 0 radical (unpaired) electrons. The summed E-state index contributed by atoms with van der Waals surface area (Å²) in [4.78, 5) is 36.5. The lowest BCUT2D eigenvalue weighted by atomic mass is 9.81. The zero-order chi connectivity index (χ0) is 25.0. The molecule has 2 aliphatic rings. The molecule has 7 nitrogen and oxygen atoms in total. The summed E-state index contributed by atoms with van der Waals surface area (Å²) in [5.74, 6) is -1.11. The highest BCUT2D eigenvalue weighted by atomic mass is 16.5. The average Bonchev–Trinajstić information content (AvgIpc) is 3.18. The van der Waals surface area contributed by atoms with Crippen LogP contribution in [0.1, 0.15) is 56.6 Å². The van der Waals surface area contributed by atoms with Gasteiger partial charge < -0.3 is 20.5 Å². The van der Waals surface area contributed by atoms with Gasteiger partial charge in [-0.2, -0.15) is 0 Å². The summed E-state index contributed by atoms with van der Waals surface area (Å²) in [6.07, 6.45) is 2.53. The Hall–Kier alpha value is -3.35. The van der Waals surface area contributed by atoms with E-state index in [1.54, 1.807) is 13.8 Å². The van der Waals surface area contributed by atoms with E-state index in [9.17, 15) is 19.5 Å². The van der Waals surface area contributed by atoms with Crippen molar-refractivity contribution < 1.29 is 24.2 Å². The third kappa shape index (κ3) is 5.66. The van der Waals surface area contributed by atoms with E-state index >= 15 is 0 Å². The lowest BCUT2D eigenvalue weighted by Gasteiger charge is -2.29. The molecule has 2 atom stereocenters. The van der Waals surface area contributed by atoms with Gasteiger partial charge in [0.15, 0.2) is 0 Å². The number of amides is 2. The van der Waals surface area contributed by atoms with E-state index in [2.05, 4.69) is 34.9 Å². The van der Waals surface area contributed by atoms with Crippen LogP contribution in [0.4, 0.5) is 4.79 Å². The maximum Gasteiger partial charge on any atom is 0.407 e. The molecule has 0 heterocycles. The molecule has 186 valence electrons. The highest BCUT2D eigenvalue weighted by Crippen LogP contribution is 2.44. The summed E-state index contributed by atoms with van der Waals surface area (Å²) in [5, 5.41) is 14.9. The maximum absolute atomic E-state index is 12.8. The normalized spacial score (nSPS) is 19.4. The zero-order valence-corrected chi connectivity index (χ0v) is 20.4. The maximum atomic E-state index is 12.8. The molecule has 0 aliphatic heterocycles. The molecule has 0 aromatic heterocycles. The molecule has 1 saturated carbocycles. The third-order valence-electron chi connectivity index (χ3n) is 7.32. The molecule has 2 amide bonds. The van der Waals surface area contributed by atoms with E-state index in [0.29, 0.717) is 19.4 Å². The van der Waals surface area contributed by atoms with Crippen LogP contribution in [0.25, 0.3) is 11.1 Å². The minimum absolute atomic E-state index is 0.0189. The Labute approximate surface area is 206 Å². The van der Waals surface area contributed by atoms with Crippen LogP contribution in [0.3, 0.4) is 0 Å². The molecule has 0 spiro atoms. The fourth-order valence-corrected chi connectivity index (χ4v) is 5.20. The summed E-state index contributed by atoms with van der Waals surface area (Å²) in [5.41, 5.74) is 3.81. The van der Waals surface area contributed by atoms with Gasteiger partial charge in [0.25, 0.3) is 0 Å². The number of hydrogen-bond donors (Lipinski definition) is 3.